The average molecular weight is 449 g/mol. The molecule has 31 heavy (non-hydrogen) atoms. The number of carbonyl (C=O) groups is 2. The van der Waals surface area contributed by atoms with E-state index < -0.39 is 11.8 Å². The number of methoxy groups -OCH3 is 1. The fourth-order valence-electron chi connectivity index (χ4n) is 3.33. The molecule has 5 nitrogen and oxygen atoms in total. The number of nitrogens with one attached hydrogen (secondary N) is 1. The van der Waals surface area contributed by atoms with Crippen LogP contribution in [0.5, 0.6) is 5.75 Å². The normalized spacial score (nSPS) is 15.2. The Bertz CT molecular complexity index is 1220. The molecule has 0 unspecified atom stereocenters. The van der Waals surface area contributed by atoms with E-state index in [2.05, 4.69) is 5.32 Å². The molecule has 0 radical (unpaired) electrons. The molecular formula is C24H17ClN2O3S. The Kier molecular flexibility index (Phi) is 5.84. The summed E-state index contributed by atoms with van der Waals surface area (Å²) in [7, 11) is 1.62. The molecule has 1 heterocycles. The van der Waals surface area contributed by atoms with Gasteiger partial charge < -0.3 is 4.74 Å². The molecule has 0 bridgehead atoms. The topological polar surface area (TPSA) is 58.6 Å². The van der Waals surface area contributed by atoms with Gasteiger partial charge in [0.15, 0.2) is 5.11 Å². The van der Waals surface area contributed by atoms with Crippen LogP contribution < -0.4 is 15.0 Å². The quantitative estimate of drug-likeness (QED) is 0.352. The molecule has 2 amide bonds. The zero-order valence-electron chi connectivity index (χ0n) is 16.5. The van der Waals surface area contributed by atoms with E-state index in [1.807, 2.05) is 48.5 Å². The first-order valence-corrected chi connectivity index (χ1v) is 10.2. The lowest BCUT2D eigenvalue weighted by Gasteiger charge is -2.29. The zero-order chi connectivity index (χ0) is 22.0. The van der Waals surface area contributed by atoms with E-state index in [0.29, 0.717) is 16.3 Å². The van der Waals surface area contributed by atoms with E-state index in [9.17, 15) is 9.59 Å². The van der Waals surface area contributed by atoms with E-state index in [1.54, 1.807) is 37.5 Å². The number of carbonyl (C=O) groups excluding carboxylic acids is 2. The SMILES string of the molecule is COc1ccccc1-c1cccc(/C=C2/C(=O)NC(=S)N(c3ccc(Cl)cc3)C2=O)c1. The van der Waals surface area contributed by atoms with Crippen LogP contribution in [0.3, 0.4) is 0 Å². The van der Waals surface area contributed by atoms with E-state index in [4.69, 9.17) is 28.6 Å². The maximum atomic E-state index is 13.1. The summed E-state index contributed by atoms with van der Waals surface area (Å²) in [6.45, 7) is 0. The van der Waals surface area contributed by atoms with Crippen molar-refractivity contribution in [2.24, 2.45) is 0 Å². The summed E-state index contributed by atoms with van der Waals surface area (Å²) in [6.07, 6.45) is 1.56. The molecule has 154 valence electrons. The predicted octanol–water partition coefficient (Wildman–Crippen LogP) is 4.85. The van der Waals surface area contributed by atoms with Gasteiger partial charge in [0.1, 0.15) is 11.3 Å². The summed E-state index contributed by atoms with van der Waals surface area (Å²) in [5.74, 6) is -0.306. The summed E-state index contributed by atoms with van der Waals surface area (Å²) in [5.41, 5.74) is 3.02. The van der Waals surface area contributed by atoms with Crippen molar-refractivity contribution in [3.05, 3.63) is 89.0 Å². The van der Waals surface area contributed by atoms with Crippen LogP contribution in [0.15, 0.2) is 78.4 Å². The number of thiocarbonyl (C=S) groups is 1. The Labute approximate surface area is 189 Å². The predicted molar refractivity (Wildman–Crippen MR) is 126 cm³/mol. The molecule has 1 N–H and O–H groups in total. The van der Waals surface area contributed by atoms with Crippen molar-refractivity contribution in [1.29, 1.82) is 0 Å². The molecule has 3 aromatic rings. The van der Waals surface area contributed by atoms with Gasteiger partial charge in [0, 0.05) is 10.6 Å². The van der Waals surface area contributed by atoms with Crippen LogP contribution in [0.4, 0.5) is 5.69 Å². The minimum atomic E-state index is -0.539. The highest BCUT2D eigenvalue weighted by Gasteiger charge is 2.34. The second kappa shape index (κ2) is 8.71. The van der Waals surface area contributed by atoms with E-state index in [1.165, 1.54) is 4.90 Å². The van der Waals surface area contributed by atoms with Crippen molar-refractivity contribution in [2.75, 3.05) is 12.0 Å². The molecule has 7 heteroatoms. The highest BCUT2D eigenvalue weighted by Crippen LogP contribution is 2.31. The first kappa shape index (κ1) is 20.8. The fourth-order valence-corrected chi connectivity index (χ4v) is 3.73. The standard InChI is InChI=1S/C24H17ClN2O3S/c1-30-21-8-3-2-7-19(21)16-6-4-5-15(13-16)14-20-22(28)26-24(31)27(23(20)29)18-11-9-17(25)10-12-18/h2-14H,1H3,(H,26,28,31)/b20-14-. The summed E-state index contributed by atoms with van der Waals surface area (Å²) in [4.78, 5) is 27.0. The van der Waals surface area contributed by atoms with E-state index in [-0.39, 0.29) is 10.7 Å². The molecule has 1 saturated heterocycles. The molecule has 0 aliphatic carbocycles. The fraction of sp³-hybridized carbons (Fsp3) is 0.0417. The highest BCUT2D eigenvalue weighted by atomic mass is 35.5. The van der Waals surface area contributed by atoms with Crippen LogP contribution >= 0.6 is 23.8 Å². The number of anilines is 1. The number of hydrogen-bond donors (Lipinski definition) is 1. The minimum absolute atomic E-state index is 0.0132. The summed E-state index contributed by atoms with van der Waals surface area (Å²) in [5, 5.41) is 3.14. The maximum absolute atomic E-state index is 13.1. The third kappa shape index (κ3) is 4.21. The number of hydrogen-bond acceptors (Lipinski definition) is 4. The molecule has 0 saturated carbocycles. The maximum Gasteiger partial charge on any atom is 0.270 e. The van der Waals surface area contributed by atoms with Crippen molar-refractivity contribution in [3.8, 4) is 16.9 Å². The lowest BCUT2D eigenvalue weighted by atomic mass is 10.00. The van der Waals surface area contributed by atoms with Crippen molar-refractivity contribution in [3.63, 3.8) is 0 Å². The summed E-state index contributed by atoms with van der Waals surface area (Å²) < 4.78 is 5.44. The van der Waals surface area contributed by atoms with Crippen LogP contribution in [0.25, 0.3) is 17.2 Å². The van der Waals surface area contributed by atoms with Crippen molar-refractivity contribution in [1.82, 2.24) is 5.32 Å². The Hall–Kier alpha value is -3.48. The molecule has 0 spiro atoms. The van der Waals surface area contributed by atoms with E-state index in [0.717, 1.165) is 16.9 Å². The molecule has 4 rings (SSSR count). The van der Waals surface area contributed by atoms with Gasteiger partial charge in [0.2, 0.25) is 0 Å². The second-order valence-electron chi connectivity index (χ2n) is 6.76. The zero-order valence-corrected chi connectivity index (χ0v) is 18.0. The Morgan fingerprint density at radius 1 is 1.00 bits per heavy atom. The van der Waals surface area contributed by atoms with Crippen molar-refractivity contribution < 1.29 is 14.3 Å². The minimum Gasteiger partial charge on any atom is -0.496 e. The lowest BCUT2D eigenvalue weighted by Crippen LogP contribution is -2.54. The van der Waals surface area contributed by atoms with Gasteiger partial charge in [-0.3, -0.25) is 19.8 Å². The first-order chi connectivity index (χ1) is 15.0. The van der Waals surface area contributed by atoms with Gasteiger partial charge in [-0.15, -0.1) is 0 Å². The largest absolute Gasteiger partial charge is 0.496 e. The number of ether oxygens (including phenoxy) is 1. The number of halogens is 1. The number of benzene rings is 3. The van der Waals surface area contributed by atoms with Gasteiger partial charge >= 0.3 is 0 Å². The molecule has 0 aromatic heterocycles. The van der Waals surface area contributed by atoms with Crippen LogP contribution in [0.2, 0.25) is 5.02 Å². The molecule has 0 atom stereocenters. The van der Waals surface area contributed by atoms with E-state index >= 15 is 0 Å². The second-order valence-corrected chi connectivity index (χ2v) is 7.58. The van der Waals surface area contributed by atoms with Gasteiger partial charge in [-0.05, 0) is 65.8 Å². The van der Waals surface area contributed by atoms with Crippen LogP contribution in [-0.2, 0) is 9.59 Å². The molecule has 1 aliphatic rings. The number of amides is 2. The van der Waals surface area contributed by atoms with Crippen molar-refractivity contribution in [2.45, 2.75) is 0 Å². The Morgan fingerprint density at radius 2 is 1.74 bits per heavy atom. The van der Waals surface area contributed by atoms with Crippen LogP contribution in [0.1, 0.15) is 5.56 Å². The van der Waals surface area contributed by atoms with Gasteiger partial charge in [-0.25, -0.2) is 0 Å². The summed E-state index contributed by atoms with van der Waals surface area (Å²) in [6, 6.07) is 21.8. The van der Waals surface area contributed by atoms with Crippen molar-refractivity contribution >= 4 is 52.5 Å². The average Bonchev–Trinajstić information content (AvgIpc) is 2.78. The van der Waals surface area contributed by atoms with Crippen LogP contribution in [-0.4, -0.2) is 24.0 Å². The number of nitrogens with zero attached hydrogens (tertiary/aromatic N) is 1. The van der Waals surface area contributed by atoms with Gasteiger partial charge in [0.25, 0.3) is 11.8 Å². The van der Waals surface area contributed by atoms with Gasteiger partial charge in [-0.2, -0.15) is 0 Å². The third-order valence-electron chi connectivity index (χ3n) is 4.80. The smallest absolute Gasteiger partial charge is 0.270 e. The van der Waals surface area contributed by atoms with Crippen LogP contribution in [0, 0.1) is 0 Å². The Balaban J connectivity index is 1.72. The lowest BCUT2D eigenvalue weighted by molar-refractivity contribution is -0.122. The Morgan fingerprint density at radius 3 is 2.48 bits per heavy atom. The third-order valence-corrected chi connectivity index (χ3v) is 5.34. The monoisotopic (exact) mass is 448 g/mol. The highest BCUT2D eigenvalue weighted by molar-refractivity contribution is 7.80. The first-order valence-electron chi connectivity index (χ1n) is 9.38. The summed E-state index contributed by atoms with van der Waals surface area (Å²) >= 11 is 11.2. The number of para-hydroxylation sites is 1. The number of rotatable bonds is 4. The molecule has 1 aliphatic heterocycles. The molecule has 3 aromatic carbocycles. The van der Waals surface area contributed by atoms with Gasteiger partial charge in [-0.1, -0.05) is 48.0 Å². The molecule has 1 fully saturated rings. The molecular weight excluding hydrogens is 432 g/mol. The van der Waals surface area contributed by atoms with Gasteiger partial charge in [0.05, 0.1) is 12.8 Å².